The van der Waals surface area contributed by atoms with Crippen LogP contribution >= 0.6 is 0 Å². The van der Waals surface area contributed by atoms with E-state index in [1.807, 2.05) is 0 Å². The Balaban J connectivity index is 2.86. The Labute approximate surface area is 121 Å². The minimum absolute atomic E-state index is 0.00967. The minimum atomic E-state index is -3.92. The molecule has 0 atom stereocenters. The zero-order valence-electron chi connectivity index (χ0n) is 11.3. The molecule has 0 radical (unpaired) electrons. The van der Waals surface area contributed by atoms with Crippen molar-refractivity contribution < 1.29 is 22.9 Å². The zero-order valence-corrected chi connectivity index (χ0v) is 12.1. The number of carbonyl (C=O) groups excluding carboxylic acids is 1. The van der Waals surface area contributed by atoms with Crippen molar-refractivity contribution in [1.29, 1.82) is 0 Å². The number of rotatable bonds is 7. The van der Waals surface area contributed by atoms with Gasteiger partial charge >= 0.3 is 5.97 Å². The SMILES string of the molecule is C=CCOC(=O)CN(C)S(=O)(=O)c1ccc([N+](=O)[O-])cc1. The van der Waals surface area contributed by atoms with Crippen LogP contribution in [0.15, 0.2) is 41.8 Å². The van der Waals surface area contributed by atoms with E-state index < -0.39 is 27.5 Å². The molecule has 0 aliphatic rings. The third-order valence-electron chi connectivity index (χ3n) is 2.47. The molecule has 0 heterocycles. The van der Waals surface area contributed by atoms with Gasteiger partial charge in [-0.15, -0.1) is 0 Å². The Morgan fingerprint density at radius 2 is 2.00 bits per heavy atom. The summed E-state index contributed by atoms with van der Waals surface area (Å²) in [5.41, 5.74) is -0.220. The second-order valence-corrected chi connectivity index (χ2v) is 6.03. The number of hydrogen-bond acceptors (Lipinski definition) is 6. The lowest BCUT2D eigenvalue weighted by atomic mass is 10.3. The first-order chi connectivity index (χ1) is 9.78. The summed E-state index contributed by atoms with van der Waals surface area (Å²) in [5, 5.41) is 10.5. The molecular formula is C12H14N2O6S. The van der Waals surface area contributed by atoms with Crippen LogP contribution in [0.2, 0.25) is 0 Å². The van der Waals surface area contributed by atoms with Gasteiger partial charge in [-0.05, 0) is 12.1 Å². The number of benzene rings is 1. The molecular weight excluding hydrogens is 300 g/mol. The topological polar surface area (TPSA) is 107 Å². The summed E-state index contributed by atoms with van der Waals surface area (Å²) in [6, 6.07) is 4.38. The second-order valence-electron chi connectivity index (χ2n) is 3.98. The molecule has 0 saturated carbocycles. The minimum Gasteiger partial charge on any atom is -0.460 e. The lowest BCUT2D eigenvalue weighted by molar-refractivity contribution is -0.384. The smallest absolute Gasteiger partial charge is 0.321 e. The van der Waals surface area contributed by atoms with E-state index in [9.17, 15) is 23.3 Å². The molecule has 0 unspecified atom stereocenters. The molecule has 21 heavy (non-hydrogen) atoms. The van der Waals surface area contributed by atoms with Gasteiger partial charge in [0.05, 0.1) is 9.82 Å². The van der Waals surface area contributed by atoms with Crippen molar-refractivity contribution in [2.45, 2.75) is 4.90 Å². The largest absolute Gasteiger partial charge is 0.460 e. The molecule has 1 rings (SSSR count). The zero-order chi connectivity index (χ0) is 16.0. The average Bonchev–Trinajstić information content (AvgIpc) is 2.45. The third kappa shape index (κ3) is 4.36. The summed E-state index contributed by atoms with van der Waals surface area (Å²) < 4.78 is 29.8. The molecule has 0 aromatic heterocycles. The van der Waals surface area contributed by atoms with Gasteiger partial charge in [0.15, 0.2) is 0 Å². The van der Waals surface area contributed by atoms with Gasteiger partial charge in [0.2, 0.25) is 10.0 Å². The summed E-state index contributed by atoms with van der Waals surface area (Å²) in [4.78, 5) is 21.1. The fraction of sp³-hybridized carbons (Fsp3) is 0.250. The number of non-ortho nitro benzene ring substituents is 1. The number of carbonyl (C=O) groups is 1. The number of likely N-dealkylation sites (N-methyl/N-ethyl adjacent to an activating group) is 1. The van der Waals surface area contributed by atoms with Crippen molar-refractivity contribution in [3.05, 3.63) is 47.0 Å². The third-order valence-corrected chi connectivity index (χ3v) is 4.29. The van der Waals surface area contributed by atoms with Crippen LogP contribution in [-0.2, 0) is 19.6 Å². The quantitative estimate of drug-likeness (QED) is 0.321. The number of hydrogen-bond donors (Lipinski definition) is 0. The number of nitro benzene ring substituents is 1. The van der Waals surface area contributed by atoms with Crippen molar-refractivity contribution in [1.82, 2.24) is 4.31 Å². The molecule has 9 heteroatoms. The first-order valence-electron chi connectivity index (χ1n) is 5.76. The van der Waals surface area contributed by atoms with Crippen LogP contribution in [0.3, 0.4) is 0 Å². The predicted molar refractivity (Wildman–Crippen MR) is 74.1 cm³/mol. The fourth-order valence-electron chi connectivity index (χ4n) is 1.38. The molecule has 1 aromatic carbocycles. The van der Waals surface area contributed by atoms with Gasteiger partial charge in [-0.25, -0.2) is 8.42 Å². The van der Waals surface area contributed by atoms with Crippen LogP contribution in [0.4, 0.5) is 5.69 Å². The molecule has 1 aromatic rings. The highest BCUT2D eigenvalue weighted by Crippen LogP contribution is 2.18. The highest BCUT2D eigenvalue weighted by atomic mass is 32.2. The normalized spacial score (nSPS) is 11.1. The maximum Gasteiger partial charge on any atom is 0.321 e. The van der Waals surface area contributed by atoms with E-state index >= 15 is 0 Å². The molecule has 0 N–H and O–H groups in total. The molecule has 114 valence electrons. The number of sulfonamides is 1. The molecule has 0 spiro atoms. The van der Waals surface area contributed by atoms with Gasteiger partial charge in [-0.2, -0.15) is 4.31 Å². The highest BCUT2D eigenvalue weighted by Gasteiger charge is 2.24. The van der Waals surface area contributed by atoms with E-state index in [2.05, 4.69) is 6.58 Å². The van der Waals surface area contributed by atoms with Gasteiger partial charge in [0, 0.05) is 19.2 Å². The van der Waals surface area contributed by atoms with E-state index in [1.165, 1.54) is 13.1 Å². The van der Waals surface area contributed by atoms with Crippen molar-refractivity contribution in [3.63, 3.8) is 0 Å². The van der Waals surface area contributed by atoms with Gasteiger partial charge in [0.25, 0.3) is 5.69 Å². The lowest BCUT2D eigenvalue weighted by Crippen LogP contribution is -2.33. The van der Waals surface area contributed by atoms with Crippen LogP contribution < -0.4 is 0 Å². The average molecular weight is 314 g/mol. The van der Waals surface area contributed by atoms with E-state index in [0.29, 0.717) is 0 Å². The summed E-state index contributed by atoms with van der Waals surface area (Å²) >= 11 is 0. The van der Waals surface area contributed by atoms with E-state index in [0.717, 1.165) is 28.6 Å². The number of nitrogens with zero attached hydrogens (tertiary/aromatic N) is 2. The molecule has 0 aliphatic carbocycles. The van der Waals surface area contributed by atoms with Crippen LogP contribution in [-0.4, -0.2) is 43.8 Å². The fourth-order valence-corrected chi connectivity index (χ4v) is 2.50. The maximum atomic E-state index is 12.2. The molecule has 0 bridgehead atoms. The predicted octanol–water partition coefficient (Wildman–Crippen LogP) is 0.945. The molecule has 0 amide bonds. The molecule has 0 saturated heterocycles. The Hall–Kier alpha value is -2.26. The second kappa shape index (κ2) is 6.95. The Kier molecular flexibility index (Phi) is 5.56. The number of ether oxygens (including phenoxy) is 1. The van der Waals surface area contributed by atoms with E-state index in [-0.39, 0.29) is 17.2 Å². The Bertz CT molecular complexity index is 638. The Morgan fingerprint density at radius 3 is 2.48 bits per heavy atom. The van der Waals surface area contributed by atoms with Crippen LogP contribution in [0.5, 0.6) is 0 Å². The number of nitro groups is 1. The van der Waals surface area contributed by atoms with Crippen molar-refractivity contribution in [2.75, 3.05) is 20.2 Å². The lowest BCUT2D eigenvalue weighted by Gasteiger charge is -2.16. The highest BCUT2D eigenvalue weighted by molar-refractivity contribution is 7.89. The van der Waals surface area contributed by atoms with Gasteiger partial charge in [-0.3, -0.25) is 14.9 Å². The van der Waals surface area contributed by atoms with Crippen LogP contribution in [0, 0.1) is 10.1 Å². The van der Waals surface area contributed by atoms with Gasteiger partial charge in [0.1, 0.15) is 13.2 Å². The summed E-state index contributed by atoms with van der Waals surface area (Å²) in [6.07, 6.45) is 1.36. The number of esters is 1. The Morgan fingerprint density at radius 1 is 1.43 bits per heavy atom. The van der Waals surface area contributed by atoms with Crippen LogP contribution in [0.25, 0.3) is 0 Å². The standard InChI is InChI=1S/C12H14N2O6S/c1-3-8-20-12(15)9-13(2)21(18,19)11-6-4-10(5-7-11)14(16)17/h3-7H,1,8-9H2,2H3. The summed E-state index contributed by atoms with van der Waals surface area (Å²) in [5.74, 6) is -0.720. The van der Waals surface area contributed by atoms with Crippen molar-refractivity contribution in [3.8, 4) is 0 Å². The summed E-state index contributed by atoms with van der Waals surface area (Å²) in [6.45, 7) is 2.89. The van der Waals surface area contributed by atoms with Crippen molar-refractivity contribution >= 4 is 21.7 Å². The van der Waals surface area contributed by atoms with E-state index in [4.69, 9.17) is 4.74 Å². The molecule has 8 nitrogen and oxygen atoms in total. The first-order valence-corrected chi connectivity index (χ1v) is 7.20. The summed E-state index contributed by atoms with van der Waals surface area (Å²) in [7, 11) is -2.70. The molecule has 0 aliphatic heterocycles. The monoisotopic (exact) mass is 314 g/mol. The molecule has 0 fully saturated rings. The van der Waals surface area contributed by atoms with Gasteiger partial charge < -0.3 is 4.74 Å². The first kappa shape index (κ1) is 16.8. The van der Waals surface area contributed by atoms with Crippen LogP contribution in [0.1, 0.15) is 0 Å². The maximum absolute atomic E-state index is 12.2. The van der Waals surface area contributed by atoms with E-state index in [1.54, 1.807) is 0 Å². The van der Waals surface area contributed by atoms with Crippen molar-refractivity contribution in [2.24, 2.45) is 0 Å². The van der Waals surface area contributed by atoms with Gasteiger partial charge in [-0.1, -0.05) is 12.7 Å².